The molecule has 142 valence electrons. The van der Waals surface area contributed by atoms with E-state index < -0.39 is 0 Å². The highest BCUT2D eigenvalue weighted by molar-refractivity contribution is 7.12. The van der Waals surface area contributed by atoms with E-state index in [1.165, 1.54) is 0 Å². The van der Waals surface area contributed by atoms with Crippen LogP contribution in [0.3, 0.4) is 0 Å². The first-order valence-corrected chi connectivity index (χ1v) is 10.1. The van der Waals surface area contributed by atoms with Gasteiger partial charge in [-0.3, -0.25) is 9.59 Å². The summed E-state index contributed by atoms with van der Waals surface area (Å²) in [6, 6.07) is 7.96. The number of hydrogen-bond acceptors (Lipinski definition) is 4. The average Bonchev–Trinajstić information content (AvgIpc) is 3.12. The molecule has 2 heterocycles. The minimum absolute atomic E-state index is 0.00587. The second kappa shape index (κ2) is 8.05. The highest BCUT2D eigenvalue weighted by atomic mass is 32.1. The molecule has 0 bridgehead atoms. The maximum absolute atomic E-state index is 13.0. The Labute approximate surface area is 164 Å². The van der Waals surface area contributed by atoms with Gasteiger partial charge in [0.15, 0.2) is 0 Å². The van der Waals surface area contributed by atoms with Crippen molar-refractivity contribution >= 4 is 40.2 Å². The van der Waals surface area contributed by atoms with Gasteiger partial charge in [0.05, 0.1) is 23.5 Å². The standard InChI is InChI=1S/C21H25N3O2S/c1-5-15(4)22-20(25)12-24-18-10-14(3)13(2)9-16(18)23-17(11-21(24)26)19-7-6-8-27-19/h6-10,15H,5,11-12H2,1-4H3,(H,22,25). The van der Waals surface area contributed by atoms with Crippen molar-refractivity contribution in [2.75, 3.05) is 11.4 Å². The fourth-order valence-corrected chi connectivity index (χ4v) is 3.69. The molecule has 1 aromatic carbocycles. The molecule has 2 aromatic rings. The Balaban J connectivity index is 2.00. The molecule has 1 N–H and O–H groups in total. The molecule has 0 spiro atoms. The number of rotatable bonds is 5. The van der Waals surface area contributed by atoms with Crippen LogP contribution in [0.15, 0.2) is 34.6 Å². The van der Waals surface area contributed by atoms with Crippen molar-refractivity contribution in [1.82, 2.24) is 5.32 Å². The SMILES string of the molecule is CCC(C)NC(=O)CN1C(=O)CC(c2cccs2)=Nc2cc(C)c(C)cc21. The second-order valence-electron chi connectivity index (χ2n) is 6.99. The maximum atomic E-state index is 13.0. The molecule has 0 radical (unpaired) electrons. The zero-order valence-electron chi connectivity index (χ0n) is 16.2. The molecule has 0 fully saturated rings. The van der Waals surface area contributed by atoms with Crippen LogP contribution in [0.5, 0.6) is 0 Å². The number of amides is 2. The first kappa shape index (κ1) is 19.3. The molecule has 1 aromatic heterocycles. The summed E-state index contributed by atoms with van der Waals surface area (Å²) in [5, 5.41) is 4.92. The van der Waals surface area contributed by atoms with E-state index in [-0.39, 0.29) is 30.8 Å². The molecular formula is C21H25N3O2S. The monoisotopic (exact) mass is 383 g/mol. The number of carbonyl (C=O) groups is 2. The second-order valence-corrected chi connectivity index (χ2v) is 7.94. The van der Waals surface area contributed by atoms with Crippen LogP contribution in [0, 0.1) is 13.8 Å². The molecule has 3 rings (SSSR count). The number of anilines is 1. The highest BCUT2D eigenvalue weighted by Gasteiger charge is 2.27. The molecule has 5 nitrogen and oxygen atoms in total. The molecule has 1 unspecified atom stereocenters. The number of carbonyl (C=O) groups excluding carboxylic acids is 2. The van der Waals surface area contributed by atoms with Crippen LogP contribution in [0.4, 0.5) is 11.4 Å². The summed E-state index contributed by atoms with van der Waals surface area (Å²) in [6.45, 7) is 8.02. The number of benzene rings is 1. The normalized spacial score (nSPS) is 15.0. The van der Waals surface area contributed by atoms with Crippen molar-refractivity contribution in [3.8, 4) is 0 Å². The highest BCUT2D eigenvalue weighted by Crippen LogP contribution is 2.36. The van der Waals surface area contributed by atoms with E-state index in [1.54, 1.807) is 16.2 Å². The molecule has 6 heteroatoms. The fraction of sp³-hybridized carbons (Fsp3) is 0.381. The summed E-state index contributed by atoms with van der Waals surface area (Å²) < 4.78 is 0. The van der Waals surface area contributed by atoms with Gasteiger partial charge in [0.1, 0.15) is 6.54 Å². The van der Waals surface area contributed by atoms with Gasteiger partial charge in [-0.1, -0.05) is 13.0 Å². The quantitative estimate of drug-likeness (QED) is 0.843. The minimum Gasteiger partial charge on any atom is -0.352 e. The van der Waals surface area contributed by atoms with Crippen LogP contribution in [-0.2, 0) is 9.59 Å². The summed E-state index contributed by atoms with van der Waals surface area (Å²) in [5.41, 5.74) is 4.38. The topological polar surface area (TPSA) is 61.8 Å². The Morgan fingerprint density at radius 1 is 1.33 bits per heavy atom. The van der Waals surface area contributed by atoms with Gasteiger partial charge in [-0.15, -0.1) is 11.3 Å². The van der Waals surface area contributed by atoms with Gasteiger partial charge in [-0.25, -0.2) is 4.99 Å². The summed E-state index contributed by atoms with van der Waals surface area (Å²) >= 11 is 1.57. The first-order valence-electron chi connectivity index (χ1n) is 9.21. The largest absolute Gasteiger partial charge is 0.352 e. The minimum atomic E-state index is -0.151. The van der Waals surface area contributed by atoms with Crippen LogP contribution >= 0.6 is 11.3 Å². The lowest BCUT2D eigenvalue weighted by Crippen LogP contribution is -2.43. The van der Waals surface area contributed by atoms with Crippen molar-refractivity contribution in [3.05, 3.63) is 45.6 Å². The maximum Gasteiger partial charge on any atom is 0.240 e. The molecule has 1 aliphatic rings. The predicted octanol–water partition coefficient (Wildman–Crippen LogP) is 4.14. The molecule has 0 saturated heterocycles. The molecule has 2 amide bonds. The number of aryl methyl sites for hydroxylation is 2. The zero-order chi connectivity index (χ0) is 19.6. The molecule has 27 heavy (non-hydrogen) atoms. The smallest absolute Gasteiger partial charge is 0.240 e. The van der Waals surface area contributed by atoms with Crippen LogP contribution < -0.4 is 10.2 Å². The Hall–Kier alpha value is -2.47. The van der Waals surface area contributed by atoms with E-state index in [9.17, 15) is 9.59 Å². The third-order valence-corrected chi connectivity index (χ3v) is 5.80. The van der Waals surface area contributed by atoms with E-state index >= 15 is 0 Å². The van der Waals surface area contributed by atoms with Crippen molar-refractivity contribution in [3.63, 3.8) is 0 Å². The van der Waals surface area contributed by atoms with Gasteiger partial charge in [0, 0.05) is 10.9 Å². The predicted molar refractivity (Wildman–Crippen MR) is 111 cm³/mol. The summed E-state index contributed by atoms with van der Waals surface area (Å²) in [4.78, 5) is 32.9. The van der Waals surface area contributed by atoms with Crippen molar-refractivity contribution in [2.45, 2.75) is 46.6 Å². The van der Waals surface area contributed by atoms with Gasteiger partial charge < -0.3 is 10.2 Å². The van der Waals surface area contributed by atoms with Crippen molar-refractivity contribution < 1.29 is 9.59 Å². The third-order valence-electron chi connectivity index (χ3n) is 4.88. The number of aliphatic imine (C=N–C) groups is 1. The summed E-state index contributed by atoms with van der Waals surface area (Å²) in [6.07, 6.45) is 1.03. The van der Waals surface area contributed by atoms with Gasteiger partial charge in [-0.05, 0) is 61.9 Å². The zero-order valence-corrected chi connectivity index (χ0v) is 17.0. The van der Waals surface area contributed by atoms with Gasteiger partial charge in [0.25, 0.3) is 0 Å². The van der Waals surface area contributed by atoms with Crippen molar-refractivity contribution in [2.24, 2.45) is 4.99 Å². The first-order chi connectivity index (χ1) is 12.9. The van der Waals surface area contributed by atoms with E-state index in [4.69, 9.17) is 4.99 Å². The summed E-state index contributed by atoms with van der Waals surface area (Å²) in [7, 11) is 0. The molecule has 0 aliphatic carbocycles. The van der Waals surface area contributed by atoms with Gasteiger partial charge in [0.2, 0.25) is 11.8 Å². The lowest BCUT2D eigenvalue weighted by molar-refractivity contribution is -0.123. The fourth-order valence-electron chi connectivity index (χ4n) is 2.97. The number of fused-ring (bicyclic) bond motifs is 1. The van der Waals surface area contributed by atoms with E-state index in [1.807, 2.05) is 57.3 Å². The Morgan fingerprint density at radius 2 is 2.07 bits per heavy atom. The van der Waals surface area contributed by atoms with E-state index in [0.29, 0.717) is 5.69 Å². The van der Waals surface area contributed by atoms with Crippen LogP contribution in [0.25, 0.3) is 0 Å². The number of thiophene rings is 1. The molecule has 1 atom stereocenters. The Morgan fingerprint density at radius 3 is 2.74 bits per heavy atom. The molecular weight excluding hydrogens is 358 g/mol. The average molecular weight is 384 g/mol. The number of nitrogens with one attached hydrogen (secondary N) is 1. The summed E-state index contributed by atoms with van der Waals surface area (Å²) in [5.74, 6) is -0.259. The molecule has 1 aliphatic heterocycles. The molecule has 0 saturated carbocycles. The third kappa shape index (κ3) is 4.27. The van der Waals surface area contributed by atoms with E-state index in [0.717, 1.165) is 33.8 Å². The van der Waals surface area contributed by atoms with E-state index in [2.05, 4.69) is 5.32 Å². The lowest BCUT2D eigenvalue weighted by atomic mass is 10.1. The van der Waals surface area contributed by atoms with Crippen LogP contribution in [0.2, 0.25) is 0 Å². The van der Waals surface area contributed by atoms with Crippen molar-refractivity contribution in [1.29, 1.82) is 0 Å². The van der Waals surface area contributed by atoms with Gasteiger partial charge >= 0.3 is 0 Å². The Kier molecular flexibility index (Phi) is 5.75. The van der Waals surface area contributed by atoms with Crippen LogP contribution in [-0.4, -0.2) is 30.1 Å². The number of hydrogen-bond donors (Lipinski definition) is 1. The lowest BCUT2D eigenvalue weighted by Gasteiger charge is -2.24. The van der Waals surface area contributed by atoms with Crippen LogP contribution in [0.1, 0.15) is 42.7 Å². The Bertz CT molecular complexity index is 887. The van der Waals surface area contributed by atoms with Gasteiger partial charge in [-0.2, -0.15) is 0 Å². The number of nitrogens with zero attached hydrogens (tertiary/aromatic N) is 2.